The first kappa shape index (κ1) is 10.6. The van der Waals surface area contributed by atoms with E-state index in [1.54, 1.807) is 0 Å². The molecule has 1 nitrogen and oxygen atoms in total. The summed E-state index contributed by atoms with van der Waals surface area (Å²) in [5, 5.41) is 10.1. The van der Waals surface area contributed by atoms with E-state index in [-0.39, 0.29) is 0 Å². The zero-order valence-electron chi connectivity index (χ0n) is 8.55. The maximum absolute atomic E-state index is 10.1. The maximum Gasteiger partial charge on any atom is 0.128 e. The molecule has 1 rings (SSSR count). The van der Waals surface area contributed by atoms with E-state index < -0.39 is 5.60 Å². The van der Waals surface area contributed by atoms with Crippen LogP contribution in [0.1, 0.15) is 51.9 Å². The number of hydrogen-bond donors (Lipinski definition) is 1. The molecule has 0 bridgehead atoms. The SMILES string of the molecule is C#CC1(O)CCCCC1CCCC. The Labute approximate surface area is 81.5 Å². The van der Waals surface area contributed by atoms with Crippen molar-refractivity contribution in [2.24, 2.45) is 5.92 Å². The van der Waals surface area contributed by atoms with Crippen molar-refractivity contribution in [2.45, 2.75) is 57.5 Å². The molecule has 0 radical (unpaired) electrons. The fourth-order valence-electron chi connectivity index (χ4n) is 2.25. The summed E-state index contributed by atoms with van der Waals surface area (Å²) in [5.41, 5.74) is -0.784. The first-order chi connectivity index (χ1) is 6.23. The van der Waals surface area contributed by atoms with E-state index in [2.05, 4.69) is 12.8 Å². The minimum absolute atomic E-state index is 0.353. The molecule has 1 saturated carbocycles. The topological polar surface area (TPSA) is 20.2 Å². The van der Waals surface area contributed by atoms with Gasteiger partial charge >= 0.3 is 0 Å². The summed E-state index contributed by atoms with van der Waals surface area (Å²) in [7, 11) is 0. The first-order valence-corrected chi connectivity index (χ1v) is 5.43. The van der Waals surface area contributed by atoms with Gasteiger partial charge in [0.2, 0.25) is 0 Å². The molecule has 0 saturated heterocycles. The number of unbranched alkanes of at least 4 members (excludes halogenated alkanes) is 1. The summed E-state index contributed by atoms with van der Waals surface area (Å²) < 4.78 is 0. The van der Waals surface area contributed by atoms with Gasteiger partial charge in [-0.3, -0.25) is 0 Å². The number of terminal acetylenes is 1. The predicted octanol–water partition coefficient (Wildman–Crippen LogP) is 2.73. The standard InChI is InChI=1S/C12H20O/c1-3-5-8-11-9-6-7-10-12(11,13)4-2/h2,11,13H,3,5-10H2,1H3. The molecule has 1 N–H and O–H groups in total. The largest absolute Gasteiger partial charge is 0.377 e. The fourth-order valence-corrected chi connectivity index (χ4v) is 2.25. The Morgan fingerprint density at radius 3 is 2.92 bits per heavy atom. The maximum atomic E-state index is 10.1. The van der Waals surface area contributed by atoms with Gasteiger partial charge < -0.3 is 5.11 Å². The van der Waals surface area contributed by atoms with E-state index in [1.165, 1.54) is 19.3 Å². The third-order valence-electron chi connectivity index (χ3n) is 3.19. The predicted molar refractivity (Wildman–Crippen MR) is 55.3 cm³/mol. The van der Waals surface area contributed by atoms with E-state index in [0.29, 0.717) is 5.92 Å². The monoisotopic (exact) mass is 180 g/mol. The average molecular weight is 180 g/mol. The van der Waals surface area contributed by atoms with Crippen molar-refractivity contribution in [3.8, 4) is 12.3 Å². The Balaban J connectivity index is 2.53. The van der Waals surface area contributed by atoms with Crippen molar-refractivity contribution >= 4 is 0 Å². The van der Waals surface area contributed by atoms with E-state index in [0.717, 1.165) is 25.7 Å². The van der Waals surface area contributed by atoms with Crippen LogP contribution in [0.3, 0.4) is 0 Å². The second-order valence-electron chi connectivity index (χ2n) is 4.15. The molecule has 0 aromatic rings. The van der Waals surface area contributed by atoms with Gasteiger partial charge in [-0.15, -0.1) is 6.42 Å². The summed E-state index contributed by atoms with van der Waals surface area (Å²) in [4.78, 5) is 0. The molecule has 1 aliphatic carbocycles. The zero-order chi connectivity index (χ0) is 9.73. The van der Waals surface area contributed by atoms with Crippen LogP contribution in [0.4, 0.5) is 0 Å². The molecule has 0 amide bonds. The molecule has 2 atom stereocenters. The Morgan fingerprint density at radius 2 is 2.31 bits per heavy atom. The van der Waals surface area contributed by atoms with Crippen LogP contribution in [0.2, 0.25) is 0 Å². The van der Waals surface area contributed by atoms with Gasteiger partial charge in [0.1, 0.15) is 5.60 Å². The molecule has 1 aliphatic rings. The van der Waals surface area contributed by atoms with Gasteiger partial charge in [0.25, 0.3) is 0 Å². The number of hydrogen-bond acceptors (Lipinski definition) is 1. The summed E-state index contributed by atoms with van der Waals surface area (Å²) in [6, 6.07) is 0. The number of aliphatic hydroxyl groups is 1. The Hall–Kier alpha value is -0.480. The van der Waals surface area contributed by atoms with Crippen LogP contribution in [-0.4, -0.2) is 10.7 Å². The summed E-state index contributed by atoms with van der Waals surface area (Å²) >= 11 is 0. The van der Waals surface area contributed by atoms with E-state index in [1.807, 2.05) is 0 Å². The average Bonchev–Trinajstić information content (AvgIpc) is 2.17. The van der Waals surface area contributed by atoms with Crippen molar-refractivity contribution < 1.29 is 5.11 Å². The van der Waals surface area contributed by atoms with Gasteiger partial charge in [-0.05, 0) is 31.6 Å². The van der Waals surface area contributed by atoms with Crippen LogP contribution in [-0.2, 0) is 0 Å². The van der Waals surface area contributed by atoms with E-state index in [4.69, 9.17) is 6.42 Å². The lowest BCUT2D eigenvalue weighted by Crippen LogP contribution is -2.39. The highest BCUT2D eigenvalue weighted by Crippen LogP contribution is 2.36. The minimum Gasteiger partial charge on any atom is -0.377 e. The quantitative estimate of drug-likeness (QED) is 0.662. The molecule has 1 heteroatoms. The number of rotatable bonds is 3. The van der Waals surface area contributed by atoms with E-state index in [9.17, 15) is 5.11 Å². The third kappa shape index (κ3) is 2.48. The fraction of sp³-hybridized carbons (Fsp3) is 0.833. The lowest BCUT2D eigenvalue weighted by molar-refractivity contribution is -0.000142. The Bertz CT molecular complexity index is 192. The first-order valence-electron chi connectivity index (χ1n) is 5.43. The highest BCUT2D eigenvalue weighted by Gasteiger charge is 2.36. The summed E-state index contributed by atoms with van der Waals surface area (Å²) in [6.07, 6.45) is 13.1. The lowest BCUT2D eigenvalue weighted by Gasteiger charge is -2.36. The second kappa shape index (κ2) is 4.67. The van der Waals surface area contributed by atoms with Crippen LogP contribution in [0.5, 0.6) is 0 Å². The van der Waals surface area contributed by atoms with Crippen molar-refractivity contribution in [1.29, 1.82) is 0 Å². The smallest absolute Gasteiger partial charge is 0.128 e. The van der Waals surface area contributed by atoms with Crippen molar-refractivity contribution in [3.05, 3.63) is 0 Å². The molecule has 0 aliphatic heterocycles. The van der Waals surface area contributed by atoms with Crippen LogP contribution in [0.15, 0.2) is 0 Å². The normalized spacial score (nSPS) is 34.1. The molecule has 0 heterocycles. The van der Waals surface area contributed by atoms with Crippen molar-refractivity contribution in [1.82, 2.24) is 0 Å². The molecular formula is C12H20O. The van der Waals surface area contributed by atoms with Gasteiger partial charge in [0.15, 0.2) is 0 Å². The molecule has 0 aromatic carbocycles. The zero-order valence-corrected chi connectivity index (χ0v) is 8.55. The molecule has 13 heavy (non-hydrogen) atoms. The van der Waals surface area contributed by atoms with Crippen molar-refractivity contribution in [2.75, 3.05) is 0 Å². The highest BCUT2D eigenvalue weighted by molar-refractivity contribution is 5.11. The molecule has 0 spiro atoms. The minimum atomic E-state index is -0.784. The van der Waals surface area contributed by atoms with Crippen LogP contribution >= 0.6 is 0 Å². The Kier molecular flexibility index (Phi) is 3.81. The van der Waals surface area contributed by atoms with E-state index >= 15 is 0 Å². The van der Waals surface area contributed by atoms with Crippen LogP contribution in [0, 0.1) is 18.3 Å². The molecule has 74 valence electrons. The van der Waals surface area contributed by atoms with Crippen LogP contribution in [0.25, 0.3) is 0 Å². The molecular weight excluding hydrogens is 160 g/mol. The van der Waals surface area contributed by atoms with Gasteiger partial charge in [0.05, 0.1) is 0 Å². The van der Waals surface area contributed by atoms with Crippen molar-refractivity contribution in [3.63, 3.8) is 0 Å². The molecule has 2 unspecified atom stereocenters. The Morgan fingerprint density at radius 1 is 1.54 bits per heavy atom. The van der Waals surface area contributed by atoms with Gasteiger partial charge in [0, 0.05) is 0 Å². The summed E-state index contributed by atoms with van der Waals surface area (Å²) in [5.74, 6) is 2.95. The van der Waals surface area contributed by atoms with Gasteiger partial charge in [-0.2, -0.15) is 0 Å². The second-order valence-corrected chi connectivity index (χ2v) is 4.15. The molecule has 0 aromatic heterocycles. The highest BCUT2D eigenvalue weighted by atomic mass is 16.3. The van der Waals surface area contributed by atoms with Gasteiger partial charge in [-0.25, -0.2) is 0 Å². The summed E-state index contributed by atoms with van der Waals surface area (Å²) in [6.45, 7) is 2.18. The van der Waals surface area contributed by atoms with Gasteiger partial charge in [-0.1, -0.05) is 32.1 Å². The van der Waals surface area contributed by atoms with Crippen LogP contribution < -0.4 is 0 Å². The molecule has 1 fully saturated rings. The third-order valence-corrected chi connectivity index (χ3v) is 3.19. The lowest BCUT2D eigenvalue weighted by atomic mass is 9.73.